The maximum Gasteiger partial charge on any atom is 0.222 e. The van der Waals surface area contributed by atoms with E-state index in [2.05, 4.69) is 45.4 Å². The van der Waals surface area contributed by atoms with E-state index >= 15 is 0 Å². The highest BCUT2D eigenvalue weighted by atomic mass is 16.5. The molecular formula is C26H42N6O2. The first-order chi connectivity index (χ1) is 16.5. The molecule has 2 aromatic rings. The monoisotopic (exact) mass is 470 g/mol. The summed E-state index contributed by atoms with van der Waals surface area (Å²) in [5, 5.41) is 6.99. The molecule has 8 nitrogen and oxygen atoms in total. The molecule has 1 atom stereocenters. The molecule has 1 aliphatic heterocycles. The van der Waals surface area contributed by atoms with Crippen LogP contribution in [0.4, 0.5) is 11.8 Å². The molecule has 1 saturated heterocycles. The number of ether oxygens (including phenoxy) is 2. The number of nitrogens with one attached hydrogen (secondary N) is 2. The molecule has 8 heteroatoms. The minimum absolute atomic E-state index is 0.298. The minimum atomic E-state index is 0.298. The van der Waals surface area contributed by atoms with Gasteiger partial charge in [0.1, 0.15) is 17.3 Å². The summed E-state index contributed by atoms with van der Waals surface area (Å²) in [6.07, 6.45) is 4.90. The quantitative estimate of drug-likeness (QED) is 0.382. The van der Waals surface area contributed by atoms with Gasteiger partial charge in [-0.25, -0.2) is 4.98 Å². The van der Waals surface area contributed by atoms with Gasteiger partial charge in [-0.05, 0) is 37.8 Å². The van der Waals surface area contributed by atoms with E-state index in [1.165, 1.54) is 0 Å². The number of hydrogen-bond donors (Lipinski definition) is 3. The van der Waals surface area contributed by atoms with Crippen molar-refractivity contribution in [1.82, 2.24) is 20.2 Å². The second-order valence-electron chi connectivity index (χ2n) is 8.98. The number of nitrogen functional groups attached to an aromatic ring is 1. The van der Waals surface area contributed by atoms with Crippen LogP contribution < -0.4 is 25.8 Å². The molecule has 0 bridgehead atoms. The van der Waals surface area contributed by atoms with Crippen molar-refractivity contribution in [2.75, 3.05) is 57.5 Å². The van der Waals surface area contributed by atoms with Crippen molar-refractivity contribution in [3.05, 3.63) is 35.0 Å². The maximum atomic E-state index is 6.03. The molecule has 4 N–H and O–H groups in total. The molecule has 3 rings (SSSR count). The van der Waals surface area contributed by atoms with Gasteiger partial charge in [-0.2, -0.15) is 4.98 Å². The van der Waals surface area contributed by atoms with Gasteiger partial charge in [0.05, 0.1) is 13.7 Å². The number of nitrogens with zero attached hydrogens (tertiary/aromatic N) is 3. The Labute approximate surface area is 204 Å². The highest BCUT2D eigenvalue weighted by molar-refractivity contribution is 5.54. The average Bonchev–Trinajstić information content (AvgIpc) is 2.84. The molecule has 0 spiro atoms. The van der Waals surface area contributed by atoms with Crippen molar-refractivity contribution in [3.63, 3.8) is 0 Å². The third-order valence-corrected chi connectivity index (χ3v) is 6.42. The number of rotatable bonds is 13. The number of benzene rings is 1. The first-order valence-electron chi connectivity index (χ1n) is 12.7. The van der Waals surface area contributed by atoms with Crippen molar-refractivity contribution < 1.29 is 9.47 Å². The average molecular weight is 471 g/mol. The zero-order valence-corrected chi connectivity index (χ0v) is 21.3. The summed E-state index contributed by atoms with van der Waals surface area (Å²) >= 11 is 0. The van der Waals surface area contributed by atoms with Gasteiger partial charge in [-0.15, -0.1) is 0 Å². The molecule has 1 aromatic heterocycles. The summed E-state index contributed by atoms with van der Waals surface area (Å²) < 4.78 is 11.7. The lowest BCUT2D eigenvalue weighted by Crippen LogP contribution is -2.43. The summed E-state index contributed by atoms with van der Waals surface area (Å²) in [5.41, 5.74) is 8.99. The van der Waals surface area contributed by atoms with E-state index in [9.17, 15) is 0 Å². The highest BCUT2D eigenvalue weighted by Gasteiger charge is 2.17. The lowest BCUT2D eigenvalue weighted by Gasteiger charge is -2.27. The Bertz CT molecular complexity index is 901. The van der Waals surface area contributed by atoms with Gasteiger partial charge >= 0.3 is 0 Å². The Morgan fingerprint density at radius 1 is 1.21 bits per heavy atom. The van der Waals surface area contributed by atoms with Crippen LogP contribution in [-0.4, -0.2) is 67.4 Å². The molecule has 0 unspecified atom stereocenters. The zero-order valence-electron chi connectivity index (χ0n) is 21.3. The van der Waals surface area contributed by atoms with Gasteiger partial charge in [-0.1, -0.05) is 26.3 Å². The van der Waals surface area contributed by atoms with Crippen LogP contribution in [0.3, 0.4) is 0 Å². The number of aryl methyl sites for hydroxylation is 1. The molecule has 1 aromatic carbocycles. The van der Waals surface area contributed by atoms with E-state index in [0.29, 0.717) is 25.0 Å². The molecule has 34 heavy (non-hydrogen) atoms. The molecule has 0 aliphatic carbocycles. The predicted octanol–water partition coefficient (Wildman–Crippen LogP) is 3.63. The topological polar surface area (TPSA) is 97.6 Å². The van der Waals surface area contributed by atoms with Crippen LogP contribution in [0.25, 0.3) is 0 Å². The van der Waals surface area contributed by atoms with Gasteiger partial charge in [0.2, 0.25) is 5.95 Å². The largest absolute Gasteiger partial charge is 0.496 e. The second-order valence-corrected chi connectivity index (χ2v) is 8.98. The number of anilines is 2. The fourth-order valence-electron chi connectivity index (χ4n) is 4.43. The molecule has 0 radical (unpaired) electrons. The van der Waals surface area contributed by atoms with Crippen LogP contribution in [0.2, 0.25) is 0 Å². The summed E-state index contributed by atoms with van der Waals surface area (Å²) in [5.74, 6) is 2.76. The zero-order chi connectivity index (χ0) is 24.3. The Balaban J connectivity index is 1.67. The predicted molar refractivity (Wildman–Crippen MR) is 139 cm³/mol. The van der Waals surface area contributed by atoms with E-state index in [1.807, 2.05) is 19.1 Å². The van der Waals surface area contributed by atoms with E-state index in [0.717, 1.165) is 92.5 Å². The van der Waals surface area contributed by atoms with Gasteiger partial charge < -0.3 is 30.7 Å². The summed E-state index contributed by atoms with van der Waals surface area (Å²) in [6, 6.07) is 6.44. The van der Waals surface area contributed by atoms with Gasteiger partial charge in [0.15, 0.2) is 0 Å². The standard InChI is InChI=1S/C26H42N6O2/c1-5-8-21(6-2)30-25-23(19(3)29-26(27)31-25)17-20-9-10-22(18-24(20)33-4)34-16-7-13-32-14-11-28-12-15-32/h9-10,18,21,28H,5-8,11-17H2,1-4H3,(H3,27,29,30,31)/t21-/m0/s1. The molecule has 1 aliphatic rings. The van der Waals surface area contributed by atoms with Crippen LogP contribution in [0.15, 0.2) is 18.2 Å². The van der Waals surface area contributed by atoms with Crippen molar-refractivity contribution >= 4 is 11.8 Å². The SMILES string of the molecule is CCC[C@H](CC)Nc1nc(N)nc(C)c1Cc1ccc(OCCCN2CCNCC2)cc1OC. The third kappa shape index (κ3) is 7.46. The smallest absolute Gasteiger partial charge is 0.222 e. The molecule has 2 heterocycles. The lowest BCUT2D eigenvalue weighted by atomic mass is 10.0. The van der Waals surface area contributed by atoms with Crippen molar-refractivity contribution in [3.8, 4) is 11.5 Å². The van der Waals surface area contributed by atoms with E-state index in [4.69, 9.17) is 15.2 Å². The fraction of sp³-hybridized carbons (Fsp3) is 0.615. The highest BCUT2D eigenvalue weighted by Crippen LogP contribution is 2.30. The minimum Gasteiger partial charge on any atom is -0.496 e. The first kappa shape index (κ1) is 26.0. The van der Waals surface area contributed by atoms with Crippen molar-refractivity contribution in [1.29, 1.82) is 0 Å². The van der Waals surface area contributed by atoms with Crippen LogP contribution in [0.5, 0.6) is 11.5 Å². The van der Waals surface area contributed by atoms with Crippen LogP contribution >= 0.6 is 0 Å². The second kappa shape index (κ2) is 13.3. The lowest BCUT2D eigenvalue weighted by molar-refractivity contribution is 0.213. The Morgan fingerprint density at radius 3 is 2.71 bits per heavy atom. The molecule has 0 amide bonds. The number of piperazine rings is 1. The van der Waals surface area contributed by atoms with Gasteiger partial charge in [-0.3, -0.25) is 0 Å². The molecule has 188 valence electrons. The number of nitrogens with two attached hydrogens (primary N) is 1. The third-order valence-electron chi connectivity index (χ3n) is 6.42. The van der Waals surface area contributed by atoms with Gasteiger partial charge in [0.25, 0.3) is 0 Å². The summed E-state index contributed by atoms with van der Waals surface area (Å²) in [4.78, 5) is 11.4. The normalized spacial score (nSPS) is 15.2. The molecule has 0 saturated carbocycles. The van der Waals surface area contributed by atoms with E-state index in [-0.39, 0.29) is 0 Å². The fourth-order valence-corrected chi connectivity index (χ4v) is 4.43. The number of aromatic nitrogens is 2. The Hall–Kier alpha value is -2.58. The molecule has 1 fully saturated rings. The Morgan fingerprint density at radius 2 is 2.00 bits per heavy atom. The van der Waals surface area contributed by atoms with Crippen molar-refractivity contribution in [2.24, 2.45) is 0 Å². The van der Waals surface area contributed by atoms with Crippen LogP contribution in [0, 0.1) is 6.92 Å². The number of methoxy groups -OCH3 is 1. The van der Waals surface area contributed by atoms with E-state index < -0.39 is 0 Å². The van der Waals surface area contributed by atoms with E-state index in [1.54, 1.807) is 7.11 Å². The first-order valence-corrected chi connectivity index (χ1v) is 12.7. The summed E-state index contributed by atoms with van der Waals surface area (Å²) in [6.45, 7) is 12.5. The van der Waals surface area contributed by atoms with Crippen LogP contribution in [-0.2, 0) is 6.42 Å². The van der Waals surface area contributed by atoms with Crippen LogP contribution in [0.1, 0.15) is 56.4 Å². The number of hydrogen-bond acceptors (Lipinski definition) is 8. The summed E-state index contributed by atoms with van der Waals surface area (Å²) in [7, 11) is 1.70. The van der Waals surface area contributed by atoms with Crippen molar-refractivity contribution in [2.45, 2.75) is 58.9 Å². The molecular weight excluding hydrogens is 428 g/mol. The maximum absolute atomic E-state index is 6.03. The van der Waals surface area contributed by atoms with Gasteiger partial charge in [0, 0.05) is 62.5 Å². The Kier molecular flexibility index (Phi) is 10.2.